The molecule has 0 radical (unpaired) electrons. The molecule has 0 heterocycles. The van der Waals surface area contributed by atoms with Crippen LogP contribution in [0.15, 0.2) is 12.1 Å². The van der Waals surface area contributed by atoms with E-state index < -0.39 is 11.6 Å². The maximum atomic E-state index is 13.4. The zero-order valence-corrected chi connectivity index (χ0v) is 11.5. The SMILES string of the molecule is Cc1cc(CNCCNC(C)(C)C)c(F)cc1F. The van der Waals surface area contributed by atoms with Gasteiger partial charge in [-0.15, -0.1) is 0 Å². The lowest BCUT2D eigenvalue weighted by molar-refractivity contribution is 0.420. The Morgan fingerprint density at radius 2 is 1.72 bits per heavy atom. The van der Waals surface area contributed by atoms with E-state index in [9.17, 15) is 8.78 Å². The number of nitrogens with one attached hydrogen (secondary N) is 2. The molecule has 18 heavy (non-hydrogen) atoms. The monoisotopic (exact) mass is 256 g/mol. The molecule has 102 valence electrons. The smallest absolute Gasteiger partial charge is 0.130 e. The van der Waals surface area contributed by atoms with Crippen molar-refractivity contribution in [3.05, 3.63) is 34.9 Å². The van der Waals surface area contributed by atoms with Crippen LogP contribution in [0.5, 0.6) is 0 Å². The largest absolute Gasteiger partial charge is 0.311 e. The molecule has 0 amide bonds. The minimum Gasteiger partial charge on any atom is -0.311 e. The average Bonchev–Trinajstić information content (AvgIpc) is 2.23. The quantitative estimate of drug-likeness (QED) is 0.792. The van der Waals surface area contributed by atoms with Crippen molar-refractivity contribution in [2.24, 2.45) is 0 Å². The molecule has 0 aliphatic heterocycles. The van der Waals surface area contributed by atoms with Crippen molar-refractivity contribution >= 4 is 0 Å². The molecule has 0 unspecified atom stereocenters. The lowest BCUT2D eigenvalue weighted by Crippen LogP contribution is -2.40. The Kier molecular flexibility index (Phi) is 5.23. The van der Waals surface area contributed by atoms with Crippen molar-refractivity contribution in [1.29, 1.82) is 0 Å². The maximum Gasteiger partial charge on any atom is 0.130 e. The number of hydrogen-bond acceptors (Lipinski definition) is 2. The second kappa shape index (κ2) is 6.25. The van der Waals surface area contributed by atoms with Crippen molar-refractivity contribution in [1.82, 2.24) is 10.6 Å². The van der Waals surface area contributed by atoms with Gasteiger partial charge in [0.2, 0.25) is 0 Å². The maximum absolute atomic E-state index is 13.4. The van der Waals surface area contributed by atoms with E-state index in [0.717, 1.165) is 19.2 Å². The van der Waals surface area contributed by atoms with Crippen LogP contribution in [-0.4, -0.2) is 18.6 Å². The molecule has 0 aliphatic carbocycles. The van der Waals surface area contributed by atoms with Crippen LogP contribution in [-0.2, 0) is 6.54 Å². The highest BCUT2D eigenvalue weighted by atomic mass is 19.1. The number of aryl methyl sites for hydroxylation is 1. The van der Waals surface area contributed by atoms with E-state index in [4.69, 9.17) is 0 Å². The van der Waals surface area contributed by atoms with E-state index in [-0.39, 0.29) is 5.54 Å². The standard InChI is InChI=1S/C14H22F2N2/c1-10-7-11(13(16)8-12(10)15)9-17-5-6-18-14(2,3)4/h7-8,17-18H,5-6,9H2,1-4H3. The average molecular weight is 256 g/mol. The molecule has 0 aliphatic rings. The van der Waals surface area contributed by atoms with Crippen LogP contribution < -0.4 is 10.6 Å². The molecule has 0 saturated heterocycles. The zero-order chi connectivity index (χ0) is 13.8. The lowest BCUT2D eigenvalue weighted by atomic mass is 10.1. The summed E-state index contributed by atoms with van der Waals surface area (Å²) < 4.78 is 26.5. The molecule has 4 heteroatoms. The lowest BCUT2D eigenvalue weighted by Gasteiger charge is -2.20. The van der Waals surface area contributed by atoms with Crippen molar-refractivity contribution in [2.75, 3.05) is 13.1 Å². The van der Waals surface area contributed by atoms with Gasteiger partial charge in [0.15, 0.2) is 0 Å². The highest BCUT2D eigenvalue weighted by Crippen LogP contribution is 2.13. The van der Waals surface area contributed by atoms with Gasteiger partial charge >= 0.3 is 0 Å². The fraction of sp³-hybridized carbons (Fsp3) is 0.571. The molecule has 2 N–H and O–H groups in total. The van der Waals surface area contributed by atoms with Gasteiger partial charge in [-0.25, -0.2) is 8.78 Å². The number of rotatable bonds is 5. The first-order valence-electron chi connectivity index (χ1n) is 6.20. The summed E-state index contributed by atoms with van der Waals surface area (Å²) in [5, 5.41) is 6.46. The van der Waals surface area contributed by atoms with Crippen LogP contribution in [0.1, 0.15) is 31.9 Å². The molecular formula is C14H22F2N2. The van der Waals surface area contributed by atoms with Gasteiger partial charge in [-0.1, -0.05) is 0 Å². The Morgan fingerprint density at radius 1 is 1.06 bits per heavy atom. The van der Waals surface area contributed by atoms with Gasteiger partial charge in [0, 0.05) is 36.8 Å². The van der Waals surface area contributed by atoms with Crippen molar-refractivity contribution < 1.29 is 8.78 Å². The first-order valence-corrected chi connectivity index (χ1v) is 6.20. The normalized spacial score (nSPS) is 11.9. The van der Waals surface area contributed by atoms with Gasteiger partial charge in [0.25, 0.3) is 0 Å². The van der Waals surface area contributed by atoms with Crippen LogP contribution >= 0.6 is 0 Å². The summed E-state index contributed by atoms with van der Waals surface area (Å²) in [6, 6.07) is 2.49. The Hall–Kier alpha value is -1.00. The first-order chi connectivity index (χ1) is 8.29. The first kappa shape index (κ1) is 15.1. The Morgan fingerprint density at radius 3 is 2.33 bits per heavy atom. The molecule has 0 bridgehead atoms. The molecule has 0 spiro atoms. The van der Waals surface area contributed by atoms with Crippen molar-refractivity contribution in [3.8, 4) is 0 Å². The Balaban J connectivity index is 2.38. The van der Waals surface area contributed by atoms with Crippen molar-refractivity contribution in [2.45, 2.75) is 39.8 Å². The van der Waals surface area contributed by atoms with E-state index in [2.05, 4.69) is 31.4 Å². The summed E-state index contributed by atoms with van der Waals surface area (Å²) in [5.41, 5.74) is 1.06. The van der Waals surface area contributed by atoms with Crippen LogP contribution in [0.3, 0.4) is 0 Å². The van der Waals surface area contributed by atoms with E-state index in [0.29, 0.717) is 17.7 Å². The summed E-state index contributed by atoms with van der Waals surface area (Å²) in [4.78, 5) is 0. The number of halogens is 2. The summed E-state index contributed by atoms with van der Waals surface area (Å²) in [5.74, 6) is -0.986. The second-order valence-electron chi connectivity index (χ2n) is 5.55. The molecule has 0 fully saturated rings. The van der Waals surface area contributed by atoms with Gasteiger partial charge in [0.05, 0.1) is 0 Å². The molecule has 1 rings (SSSR count). The molecule has 0 saturated carbocycles. The molecule has 0 aromatic heterocycles. The van der Waals surface area contributed by atoms with Gasteiger partial charge in [-0.05, 0) is 39.3 Å². The van der Waals surface area contributed by atoms with E-state index in [1.807, 2.05) is 0 Å². The third-order valence-electron chi connectivity index (χ3n) is 2.60. The van der Waals surface area contributed by atoms with Crippen LogP contribution in [0, 0.1) is 18.6 Å². The Labute approximate surface area is 108 Å². The summed E-state index contributed by atoms with van der Waals surface area (Å²) >= 11 is 0. The number of hydrogen-bond donors (Lipinski definition) is 2. The van der Waals surface area contributed by atoms with E-state index >= 15 is 0 Å². The topological polar surface area (TPSA) is 24.1 Å². The van der Waals surface area contributed by atoms with Gasteiger partial charge < -0.3 is 10.6 Å². The fourth-order valence-corrected chi connectivity index (χ4v) is 1.60. The molecule has 1 aromatic carbocycles. The molecular weight excluding hydrogens is 234 g/mol. The molecule has 1 aromatic rings. The van der Waals surface area contributed by atoms with Crippen LogP contribution in [0.25, 0.3) is 0 Å². The van der Waals surface area contributed by atoms with Crippen molar-refractivity contribution in [3.63, 3.8) is 0 Å². The number of benzene rings is 1. The van der Waals surface area contributed by atoms with Gasteiger partial charge in [-0.3, -0.25) is 0 Å². The molecule has 0 atom stereocenters. The predicted octanol–water partition coefficient (Wildman–Crippen LogP) is 2.75. The molecule has 2 nitrogen and oxygen atoms in total. The second-order valence-corrected chi connectivity index (χ2v) is 5.55. The summed E-state index contributed by atoms with van der Waals surface area (Å²) in [6.07, 6.45) is 0. The zero-order valence-electron chi connectivity index (χ0n) is 11.5. The Bertz CT molecular complexity index is 398. The minimum absolute atomic E-state index is 0.0827. The fourth-order valence-electron chi connectivity index (χ4n) is 1.60. The van der Waals surface area contributed by atoms with Gasteiger partial charge in [0.1, 0.15) is 11.6 Å². The van der Waals surface area contributed by atoms with E-state index in [1.54, 1.807) is 13.0 Å². The van der Waals surface area contributed by atoms with Gasteiger partial charge in [-0.2, -0.15) is 0 Å². The summed E-state index contributed by atoms with van der Waals surface area (Å²) in [7, 11) is 0. The highest BCUT2D eigenvalue weighted by Gasteiger charge is 2.08. The third kappa shape index (κ3) is 5.10. The van der Waals surface area contributed by atoms with Crippen LogP contribution in [0.4, 0.5) is 8.78 Å². The summed E-state index contributed by atoms with van der Waals surface area (Å²) in [6.45, 7) is 9.89. The van der Waals surface area contributed by atoms with E-state index in [1.165, 1.54) is 0 Å². The highest BCUT2D eigenvalue weighted by molar-refractivity contribution is 5.25. The van der Waals surface area contributed by atoms with Crippen LogP contribution in [0.2, 0.25) is 0 Å². The third-order valence-corrected chi connectivity index (χ3v) is 2.60. The predicted molar refractivity (Wildman–Crippen MR) is 70.6 cm³/mol. The minimum atomic E-state index is -0.495.